The summed E-state index contributed by atoms with van der Waals surface area (Å²) in [4.78, 5) is 15.8. The Balaban J connectivity index is 2.02. The monoisotopic (exact) mass is 308 g/mol. The predicted octanol–water partition coefficient (Wildman–Crippen LogP) is 2.53. The zero-order valence-electron chi connectivity index (χ0n) is 11.9. The molecule has 1 N–H and O–H groups in total. The van der Waals surface area contributed by atoms with Gasteiger partial charge >= 0.3 is 5.97 Å². The molecule has 0 saturated heterocycles. The zero-order valence-corrected chi connectivity index (χ0v) is 12.6. The first-order valence-corrected chi connectivity index (χ1v) is 6.88. The molecular weight excluding hydrogens is 292 g/mol. The zero-order chi connectivity index (χ0) is 15.5. The Hall–Kier alpha value is -1.85. The molecule has 6 heteroatoms. The van der Waals surface area contributed by atoms with Gasteiger partial charge in [0.2, 0.25) is 0 Å². The topological polar surface area (TPSA) is 64.4 Å². The Bertz CT molecular complexity index is 594. The van der Waals surface area contributed by atoms with E-state index in [0.29, 0.717) is 11.7 Å². The summed E-state index contributed by atoms with van der Waals surface area (Å²) in [6.45, 7) is 4.10. The minimum Gasteiger partial charge on any atom is -0.423 e. The highest BCUT2D eigenvalue weighted by Gasteiger charge is 2.35. The van der Waals surface area contributed by atoms with Crippen molar-refractivity contribution in [2.45, 2.75) is 26.5 Å². The highest BCUT2D eigenvalue weighted by atomic mass is 35.5. The predicted molar refractivity (Wildman–Crippen MR) is 79.1 cm³/mol. The highest BCUT2D eigenvalue weighted by Crippen LogP contribution is 2.25. The Labute approximate surface area is 128 Å². The van der Waals surface area contributed by atoms with E-state index >= 15 is 0 Å². The number of ether oxygens (including phenoxy) is 1. The first kappa shape index (κ1) is 15.5. The number of carbonyl (C=O) groups is 1. The minimum absolute atomic E-state index is 0.250. The number of nitrogens with zero attached hydrogens (tertiary/aromatic N) is 2. The van der Waals surface area contributed by atoms with Crippen LogP contribution in [0.1, 0.15) is 13.8 Å². The van der Waals surface area contributed by atoms with Crippen LogP contribution in [0.25, 0.3) is 0 Å². The molecule has 5 nitrogen and oxygen atoms in total. The summed E-state index contributed by atoms with van der Waals surface area (Å²) in [5.41, 5.74) is -0.671. The van der Waals surface area contributed by atoms with Gasteiger partial charge < -0.3 is 14.4 Å². The molecule has 0 aliphatic rings. The maximum absolute atomic E-state index is 12.0. The number of carbonyl (C=O) groups excluding carboxylic acids is 1. The lowest BCUT2D eigenvalue weighted by molar-refractivity contribution is -0.150. The second-order valence-electron chi connectivity index (χ2n) is 5.48. The number of rotatable bonds is 5. The van der Waals surface area contributed by atoms with Crippen molar-refractivity contribution in [2.75, 3.05) is 0 Å². The van der Waals surface area contributed by atoms with Gasteiger partial charge in [0.05, 0.1) is 6.20 Å². The van der Waals surface area contributed by atoms with Crippen LogP contribution in [0, 0.1) is 5.41 Å². The normalized spacial score (nSPS) is 13.0. The third-order valence-electron chi connectivity index (χ3n) is 3.14. The molecule has 0 bridgehead atoms. The van der Waals surface area contributed by atoms with Crippen LogP contribution >= 0.6 is 11.6 Å². The molecule has 0 aliphatic carbocycles. The molecule has 0 aliphatic heterocycles. The minimum atomic E-state index is -1.25. The molecule has 1 unspecified atom stereocenters. The van der Waals surface area contributed by atoms with Crippen LogP contribution in [0.5, 0.6) is 5.75 Å². The number of esters is 1. The van der Waals surface area contributed by atoms with E-state index in [1.54, 1.807) is 13.8 Å². The fraction of sp³-hybridized carbons (Fsp3) is 0.333. The fourth-order valence-corrected chi connectivity index (χ4v) is 2.06. The number of pyridine rings is 1. The van der Waals surface area contributed by atoms with E-state index in [9.17, 15) is 9.90 Å². The average Bonchev–Trinajstić information content (AvgIpc) is 2.92. The van der Waals surface area contributed by atoms with Crippen LogP contribution in [0.2, 0.25) is 5.15 Å². The second-order valence-corrected chi connectivity index (χ2v) is 5.87. The van der Waals surface area contributed by atoms with E-state index in [1.165, 1.54) is 18.3 Å². The van der Waals surface area contributed by atoms with Crippen molar-refractivity contribution in [1.29, 1.82) is 0 Å². The van der Waals surface area contributed by atoms with Crippen molar-refractivity contribution in [3.05, 3.63) is 48.0 Å². The van der Waals surface area contributed by atoms with E-state index in [-0.39, 0.29) is 5.75 Å². The first-order valence-electron chi connectivity index (χ1n) is 6.50. The van der Waals surface area contributed by atoms with Gasteiger partial charge in [0.25, 0.3) is 0 Å². The quantitative estimate of drug-likeness (QED) is 0.681. The Kier molecular flexibility index (Phi) is 4.65. The van der Waals surface area contributed by atoms with Crippen molar-refractivity contribution in [3.8, 4) is 5.75 Å². The summed E-state index contributed by atoms with van der Waals surface area (Å²) in [5, 5.41) is 10.5. The van der Waals surface area contributed by atoms with Crippen molar-refractivity contribution in [3.63, 3.8) is 0 Å². The maximum Gasteiger partial charge on any atom is 0.341 e. The van der Waals surface area contributed by atoms with Crippen LogP contribution in [0.3, 0.4) is 0 Å². The van der Waals surface area contributed by atoms with E-state index < -0.39 is 17.5 Å². The largest absolute Gasteiger partial charge is 0.423 e. The average molecular weight is 309 g/mol. The SMILES string of the molecule is CC(C)(Cn1cccc1)C(O)C(=O)Oc1ccc(Cl)nc1. The van der Waals surface area contributed by atoms with E-state index in [0.717, 1.165) is 0 Å². The summed E-state index contributed by atoms with van der Waals surface area (Å²) in [5.74, 6) is -0.462. The van der Waals surface area contributed by atoms with Crippen LogP contribution in [-0.2, 0) is 11.3 Å². The van der Waals surface area contributed by atoms with Gasteiger partial charge in [-0.1, -0.05) is 25.4 Å². The molecule has 2 aromatic rings. The molecule has 2 heterocycles. The van der Waals surface area contributed by atoms with Gasteiger partial charge in [-0.15, -0.1) is 0 Å². The first-order chi connectivity index (χ1) is 9.88. The molecule has 1 atom stereocenters. The number of hydrogen-bond acceptors (Lipinski definition) is 4. The van der Waals surface area contributed by atoms with Crippen LogP contribution in [0.15, 0.2) is 42.9 Å². The van der Waals surface area contributed by atoms with E-state index in [2.05, 4.69) is 4.98 Å². The van der Waals surface area contributed by atoms with Crippen LogP contribution in [0.4, 0.5) is 0 Å². The van der Waals surface area contributed by atoms with Gasteiger partial charge in [-0.3, -0.25) is 0 Å². The van der Waals surface area contributed by atoms with Crippen LogP contribution in [-0.4, -0.2) is 26.7 Å². The Morgan fingerprint density at radius 3 is 2.67 bits per heavy atom. The molecular formula is C15H17ClN2O3. The summed E-state index contributed by atoms with van der Waals surface area (Å²) < 4.78 is 7.02. The number of aromatic nitrogens is 2. The van der Waals surface area contributed by atoms with Crippen LogP contribution < -0.4 is 4.74 Å². The summed E-state index contributed by atoms with van der Waals surface area (Å²) in [6, 6.07) is 6.82. The molecule has 21 heavy (non-hydrogen) atoms. The van der Waals surface area contributed by atoms with Gasteiger partial charge in [0.1, 0.15) is 10.9 Å². The van der Waals surface area contributed by atoms with Gasteiger partial charge in [-0.25, -0.2) is 9.78 Å². The third-order valence-corrected chi connectivity index (χ3v) is 3.36. The van der Waals surface area contributed by atoms with E-state index in [1.807, 2.05) is 29.1 Å². The number of aliphatic hydroxyl groups excluding tert-OH is 1. The summed E-state index contributed by atoms with van der Waals surface area (Å²) >= 11 is 5.66. The van der Waals surface area contributed by atoms with Gasteiger partial charge in [0.15, 0.2) is 6.10 Å². The van der Waals surface area contributed by atoms with Gasteiger partial charge in [-0.2, -0.15) is 0 Å². The lowest BCUT2D eigenvalue weighted by Crippen LogP contribution is -2.41. The second kappa shape index (κ2) is 6.28. The molecule has 112 valence electrons. The Morgan fingerprint density at radius 1 is 1.43 bits per heavy atom. The summed E-state index contributed by atoms with van der Waals surface area (Å²) in [7, 11) is 0. The standard InChI is InChI=1S/C15H17ClN2O3/c1-15(2,10-18-7-3-4-8-18)13(19)14(20)21-11-5-6-12(16)17-9-11/h3-9,13,19H,10H2,1-2H3. The smallest absolute Gasteiger partial charge is 0.341 e. The highest BCUT2D eigenvalue weighted by molar-refractivity contribution is 6.29. The lowest BCUT2D eigenvalue weighted by atomic mass is 9.86. The molecule has 0 saturated carbocycles. The molecule has 0 fully saturated rings. The molecule has 0 aromatic carbocycles. The van der Waals surface area contributed by atoms with Crippen molar-refractivity contribution in [2.24, 2.45) is 5.41 Å². The molecule has 2 aromatic heterocycles. The fourth-order valence-electron chi connectivity index (χ4n) is 1.95. The Morgan fingerprint density at radius 2 is 2.10 bits per heavy atom. The van der Waals surface area contributed by atoms with Gasteiger partial charge in [-0.05, 0) is 24.3 Å². The maximum atomic E-state index is 12.0. The molecule has 2 rings (SSSR count). The third kappa shape index (κ3) is 4.06. The van der Waals surface area contributed by atoms with Crippen molar-refractivity contribution in [1.82, 2.24) is 9.55 Å². The van der Waals surface area contributed by atoms with Crippen molar-refractivity contribution < 1.29 is 14.6 Å². The van der Waals surface area contributed by atoms with Gasteiger partial charge in [0, 0.05) is 24.4 Å². The molecule has 0 radical (unpaired) electrons. The van der Waals surface area contributed by atoms with E-state index in [4.69, 9.17) is 16.3 Å². The number of hydrogen-bond donors (Lipinski definition) is 1. The molecule has 0 amide bonds. The number of halogens is 1. The molecule has 0 spiro atoms. The van der Waals surface area contributed by atoms with Crippen molar-refractivity contribution >= 4 is 17.6 Å². The number of aliphatic hydroxyl groups is 1. The summed E-state index contributed by atoms with van der Waals surface area (Å²) in [6.07, 6.45) is 3.84. The lowest BCUT2D eigenvalue weighted by Gasteiger charge is -2.29.